The lowest BCUT2D eigenvalue weighted by molar-refractivity contribution is 0.566. The summed E-state index contributed by atoms with van der Waals surface area (Å²) in [5.41, 5.74) is 10.8. The number of benzene rings is 1. The first-order valence-corrected chi connectivity index (χ1v) is 6.78. The molecular weight excluding hydrogens is 290 g/mol. The van der Waals surface area contributed by atoms with Gasteiger partial charge in [0.15, 0.2) is 0 Å². The Balaban J connectivity index is 2.47. The zero-order valence-corrected chi connectivity index (χ0v) is 12.7. The molecule has 2 aromatic rings. The molecule has 0 aliphatic rings. The molecule has 4 heteroatoms. The van der Waals surface area contributed by atoms with E-state index in [2.05, 4.69) is 60.0 Å². The molecule has 0 aliphatic carbocycles. The van der Waals surface area contributed by atoms with Gasteiger partial charge in [-0.3, -0.25) is 0 Å². The van der Waals surface area contributed by atoms with Gasteiger partial charge in [0.2, 0.25) is 0 Å². The quantitative estimate of drug-likeness (QED) is 0.918. The average Bonchev–Trinajstić information content (AvgIpc) is 2.56. The zero-order chi connectivity index (χ0) is 13.4. The third kappa shape index (κ3) is 2.17. The van der Waals surface area contributed by atoms with Gasteiger partial charge in [-0.05, 0) is 54.8 Å². The van der Waals surface area contributed by atoms with Gasteiger partial charge in [0.1, 0.15) is 5.82 Å². The topological polar surface area (TPSA) is 43.8 Å². The molecule has 0 saturated carbocycles. The van der Waals surface area contributed by atoms with Crippen LogP contribution in [0.25, 0.3) is 0 Å². The molecule has 18 heavy (non-hydrogen) atoms. The van der Waals surface area contributed by atoms with Crippen LogP contribution < -0.4 is 5.73 Å². The number of nitrogens with zero attached hydrogens (tertiary/aromatic N) is 2. The number of nitrogen functional groups attached to an aromatic ring is 1. The summed E-state index contributed by atoms with van der Waals surface area (Å²) in [5.74, 6) is 0.681. The largest absolute Gasteiger partial charge is 0.383 e. The Kier molecular flexibility index (Phi) is 3.48. The normalized spacial score (nSPS) is 12.7. The maximum Gasteiger partial charge on any atom is 0.137 e. The van der Waals surface area contributed by atoms with Crippen LogP contribution in [0, 0.1) is 20.8 Å². The van der Waals surface area contributed by atoms with Gasteiger partial charge in [0.25, 0.3) is 0 Å². The van der Waals surface area contributed by atoms with Crippen LogP contribution in [0.3, 0.4) is 0 Å². The van der Waals surface area contributed by atoms with Crippen LogP contribution in [-0.2, 0) is 0 Å². The summed E-state index contributed by atoms with van der Waals surface area (Å²) in [4.78, 5) is 0. The van der Waals surface area contributed by atoms with E-state index in [9.17, 15) is 0 Å². The number of halogens is 1. The maximum absolute atomic E-state index is 6.08. The van der Waals surface area contributed by atoms with E-state index in [-0.39, 0.29) is 6.04 Å². The van der Waals surface area contributed by atoms with Crippen molar-refractivity contribution in [2.24, 2.45) is 0 Å². The number of aromatic nitrogens is 2. The highest BCUT2D eigenvalue weighted by atomic mass is 79.9. The summed E-state index contributed by atoms with van der Waals surface area (Å²) >= 11 is 3.46. The minimum Gasteiger partial charge on any atom is -0.383 e. The first kappa shape index (κ1) is 13.1. The number of hydrogen-bond donors (Lipinski definition) is 1. The molecule has 1 aromatic heterocycles. The van der Waals surface area contributed by atoms with Crippen molar-refractivity contribution in [3.63, 3.8) is 0 Å². The maximum atomic E-state index is 6.08. The Morgan fingerprint density at radius 3 is 2.44 bits per heavy atom. The van der Waals surface area contributed by atoms with Crippen LogP contribution in [0.1, 0.15) is 35.3 Å². The minimum absolute atomic E-state index is 0.135. The van der Waals surface area contributed by atoms with Crippen LogP contribution in [0.2, 0.25) is 0 Å². The molecule has 1 aromatic carbocycles. The molecule has 0 saturated heterocycles. The van der Waals surface area contributed by atoms with E-state index >= 15 is 0 Å². The van der Waals surface area contributed by atoms with Gasteiger partial charge in [0.05, 0.1) is 16.2 Å². The average molecular weight is 308 g/mol. The second kappa shape index (κ2) is 4.76. The molecular formula is C14H18BrN3. The van der Waals surface area contributed by atoms with Gasteiger partial charge in [0, 0.05) is 0 Å². The fourth-order valence-corrected chi connectivity index (χ4v) is 2.53. The number of anilines is 1. The molecule has 96 valence electrons. The van der Waals surface area contributed by atoms with Crippen molar-refractivity contribution in [1.29, 1.82) is 0 Å². The molecule has 3 nitrogen and oxygen atoms in total. The predicted octanol–water partition coefficient (Wildman–Crippen LogP) is 3.76. The van der Waals surface area contributed by atoms with E-state index in [1.54, 1.807) is 0 Å². The number of aryl methyl sites for hydroxylation is 3. The summed E-state index contributed by atoms with van der Waals surface area (Å²) < 4.78 is 2.76. The van der Waals surface area contributed by atoms with Crippen molar-refractivity contribution in [2.45, 2.75) is 33.7 Å². The summed E-state index contributed by atoms with van der Waals surface area (Å²) in [5, 5.41) is 4.49. The Morgan fingerprint density at radius 2 is 1.94 bits per heavy atom. The van der Waals surface area contributed by atoms with Crippen LogP contribution >= 0.6 is 15.9 Å². The van der Waals surface area contributed by atoms with E-state index in [0.717, 1.165) is 10.2 Å². The third-order valence-corrected chi connectivity index (χ3v) is 4.27. The van der Waals surface area contributed by atoms with Crippen LogP contribution in [-0.4, -0.2) is 9.78 Å². The first-order valence-electron chi connectivity index (χ1n) is 5.99. The van der Waals surface area contributed by atoms with Gasteiger partial charge in [-0.1, -0.05) is 23.8 Å². The molecule has 1 atom stereocenters. The van der Waals surface area contributed by atoms with Crippen molar-refractivity contribution < 1.29 is 0 Å². The van der Waals surface area contributed by atoms with Crippen molar-refractivity contribution in [3.05, 3.63) is 45.1 Å². The third-order valence-electron chi connectivity index (χ3n) is 3.29. The number of rotatable bonds is 2. The van der Waals surface area contributed by atoms with Crippen molar-refractivity contribution >= 4 is 21.7 Å². The summed E-state index contributed by atoms with van der Waals surface area (Å²) in [6, 6.07) is 6.60. The van der Waals surface area contributed by atoms with Gasteiger partial charge in [-0.2, -0.15) is 5.10 Å². The second-order valence-corrected chi connectivity index (χ2v) is 5.56. The van der Waals surface area contributed by atoms with Crippen LogP contribution in [0.4, 0.5) is 5.82 Å². The second-order valence-electron chi connectivity index (χ2n) is 4.77. The van der Waals surface area contributed by atoms with Crippen LogP contribution in [0.5, 0.6) is 0 Å². The smallest absolute Gasteiger partial charge is 0.137 e. The van der Waals surface area contributed by atoms with E-state index in [0.29, 0.717) is 5.82 Å². The molecule has 0 amide bonds. The predicted molar refractivity (Wildman–Crippen MR) is 78.8 cm³/mol. The van der Waals surface area contributed by atoms with Gasteiger partial charge in [-0.25, -0.2) is 4.68 Å². The summed E-state index contributed by atoms with van der Waals surface area (Å²) in [6.45, 7) is 8.30. The van der Waals surface area contributed by atoms with Gasteiger partial charge >= 0.3 is 0 Å². The number of nitrogens with two attached hydrogens (primary N) is 1. The Hall–Kier alpha value is -1.29. The molecule has 2 N–H and O–H groups in total. The lowest BCUT2D eigenvalue weighted by Gasteiger charge is -2.17. The summed E-state index contributed by atoms with van der Waals surface area (Å²) in [6.07, 6.45) is 0. The Morgan fingerprint density at radius 1 is 1.28 bits per heavy atom. The minimum atomic E-state index is 0.135. The standard InChI is InChI=1S/C14H18BrN3/c1-8-5-6-12(9(2)7-8)11(4)18-14(16)13(15)10(3)17-18/h5-7,11H,16H2,1-4H3. The lowest BCUT2D eigenvalue weighted by atomic mass is 10.0. The first-order chi connectivity index (χ1) is 8.41. The zero-order valence-electron chi connectivity index (χ0n) is 11.2. The highest BCUT2D eigenvalue weighted by molar-refractivity contribution is 9.10. The number of hydrogen-bond acceptors (Lipinski definition) is 2. The monoisotopic (exact) mass is 307 g/mol. The SMILES string of the molecule is Cc1ccc(C(C)n2nc(C)c(Br)c2N)c(C)c1. The summed E-state index contributed by atoms with van der Waals surface area (Å²) in [7, 11) is 0. The Labute approximate surface area is 116 Å². The van der Waals surface area contributed by atoms with Crippen molar-refractivity contribution in [1.82, 2.24) is 9.78 Å². The molecule has 1 unspecified atom stereocenters. The fraction of sp³-hybridized carbons (Fsp3) is 0.357. The van der Waals surface area contributed by atoms with Crippen molar-refractivity contribution in [3.8, 4) is 0 Å². The molecule has 0 radical (unpaired) electrons. The molecule has 0 spiro atoms. The van der Waals surface area contributed by atoms with E-state index in [1.165, 1.54) is 16.7 Å². The van der Waals surface area contributed by atoms with E-state index in [4.69, 9.17) is 5.73 Å². The van der Waals surface area contributed by atoms with E-state index < -0.39 is 0 Å². The molecule has 0 aliphatic heterocycles. The van der Waals surface area contributed by atoms with E-state index in [1.807, 2.05) is 11.6 Å². The van der Waals surface area contributed by atoms with Gasteiger partial charge < -0.3 is 5.73 Å². The highest BCUT2D eigenvalue weighted by Gasteiger charge is 2.17. The Bertz CT molecular complexity index is 587. The lowest BCUT2D eigenvalue weighted by Crippen LogP contribution is -2.12. The fourth-order valence-electron chi connectivity index (χ4n) is 2.27. The highest BCUT2D eigenvalue weighted by Crippen LogP contribution is 2.30. The van der Waals surface area contributed by atoms with Gasteiger partial charge in [-0.15, -0.1) is 0 Å². The molecule has 1 heterocycles. The molecule has 2 rings (SSSR count). The van der Waals surface area contributed by atoms with Crippen LogP contribution in [0.15, 0.2) is 22.7 Å². The molecule has 0 bridgehead atoms. The molecule has 0 fully saturated rings. The van der Waals surface area contributed by atoms with Crippen molar-refractivity contribution in [2.75, 3.05) is 5.73 Å².